The highest BCUT2D eigenvalue weighted by Gasteiger charge is 2.12. The van der Waals surface area contributed by atoms with Gasteiger partial charge in [0.2, 0.25) is 0 Å². The van der Waals surface area contributed by atoms with Crippen molar-refractivity contribution >= 4 is 17.3 Å². The molecule has 1 aromatic heterocycles. The third kappa shape index (κ3) is 3.49. The summed E-state index contributed by atoms with van der Waals surface area (Å²) in [6.45, 7) is 3.27. The second kappa shape index (κ2) is 6.72. The van der Waals surface area contributed by atoms with Gasteiger partial charge in [-0.05, 0) is 17.6 Å². The van der Waals surface area contributed by atoms with Crippen molar-refractivity contribution in [2.75, 3.05) is 25.4 Å². The molecule has 0 aliphatic carbocycles. The quantitative estimate of drug-likeness (QED) is 0.858. The molecule has 0 atom stereocenters. The van der Waals surface area contributed by atoms with Crippen molar-refractivity contribution in [1.29, 1.82) is 0 Å². The lowest BCUT2D eigenvalue weighted by Gasteiger charge is -2.26. The first-order valence-electron chi connectivity index (χ1n) is 6.87. The van der Waals surface area contributed by atoms with Crippen LogP contribution in [0.15, 0.2) is 47.9 Å². The predicted molar refractivity (Wildman–Crippen MR) is 82.6 cm³/mol. The van der Waals surface area contributed by atoms with Crippen LogP contribution in [0.4, 0.5) is 0 Å². The van der Waals surface area contributed by atoms with E-state index >= 15 is 0 Å². The second-order valence-corrected chi connectivity index (χ2v) is 5.87. The normalized spacial score (nSPS) is 16.1. The number of hydrogen-bond donors (Lipinski definition) is 1. The van der Waals surface area contributed by atoms with Gasteiger partial charge in [-0.1, -0.05) is 48.2 Å². The molecule has 2 heterocycles. The maximum absolute atomic E-state index is 4.12. The van der Waals surface area contributed by atoms with Crippen molar-refractivity contribution in [2.24, 2.45) is 0 Å². The van der Waals surface area contributed by atoms with E-state index < -0.39 is 0 Å². The summed E-state index contributed by atoms with van der Waals surface area (Å²) in [6.07, 6.45) is 5.05. The fourth-order valence-corrected chi connectivity index (χ4v) is 3.15. The van der Waals surface area contributed by atoms with Crippen molar-refractivity contribution in [3.8, 4) is 0 Å². The van der Waals surface area contributed by atoms with Crippen molar-refractivity contribution < 1.29 is 0 Å². The van der Waals surface area contributed by atoms with Gasteiger partial charge in [-0.15, -0.1) is 0 Å². The molecule has 0 saturated heterocycles. The third-order valence-electron chi connectivity index (χ3n) is 3.48. The van der Waals surface area contributed by atoms with Crippen LogP contribution in [-0.4, -0.2) is 45.5 Å². The Morgan fingerprint density at radius 1 is 1.25 bits per heavy atom. The summed E-state index contributed by atoms with van der Waals surface area (Å²) in [7, 11) is 0. The Bertz CT molecular complexity index is 551. The predicted octanol–water partition coefficient (Wildman–Crippen LogP) is 2.69. The van der Waals surface area contributed by atoms with Crippen LogP contribution in [0, 0.1) is 0 Å². The maximum Gasteiger partial charge on any atom is 0.183 e. The third-order valence-corrected chi connectivity index (χ3v) is 4.33. The highest BCUT2D eigenvalue weighted by atomic mass is 32.2. The zero-order valence-corrected chi connectivity index (χ0v) is 12.1. The molecule has 5 heteroatoms. The molecule has 0 unspecified atom stereocenters. The zero-order chi connectivity index (χ0) is 13.6. The van der Waals surface area contributed by atoms with Gasteiger partial charge in [0, 0.05) is 25.4 Å². The van der Waals surface area contributed by atoms with Crippen molar-refractivity contribution in [3.05, 3.63) is 48.3 Å². The second-order valence-electron chi connectivity index (χ2n) is 4.79. The van der Waals surface area contributed by atoms with Gasteiger partial charge in [0.1, 0.15) is 6.33 Å². The summed E-state index contributed by atoms with van der Waals surface area (Å²) in [5.41, 5.74) is 2.84. The highest BCUT2D eigenvalue weighted by Crippen LogP contribution is 2.22. The van der Waals surface area contributed by atoms with E-state index in [4.69, 9.17) is 0 Å². The van der Waals surface area contributed by atoms with E-state index in [0.29, 0.717) is 0 Å². The summed E-state index contributed by atoms with van der Waals surface area (Å²) in [6, 6.07) is 10.7. The van der Waals surface area contributed by atoms with Gasteiger partial charge in [0.25, 0.3) is 0 Å². The van der Waals surface area contributed by atoms with Crippen molar-refractivity contribution in [1.82, 2.24) is 20.1 Å². The molecule has 20 heavy (non-hydrogen) atoms. The lowest BCUT2D eigenvalue weighted by atomic mass is 10.00. The molecular formula is C15H18N4S. The molecule has 1 aromatic carbocycles. The number of hydrogen-bond acceptors (Lipinski definition) is 4. The molecule has 0 spiro atoms. The summed E-state index contributed by atoms with van der Waals surface area (Å²) >= 11 is 1.73. The van der Waals surface area contributed by atoms with E-state index in [1.807, 2.05) is 0 Å². The van der Waals surface area contributed by atoms with Crippen LogP contribution >= 0.6 is 11.8 Å². The standard InChI is InChI=1S/C15H18N4S/c1-2-4-13(5-3-1)14-6-8-19(9-7-14)10-11-20-15-16-12-17-18-15/h1-6,12H,7-11H2,(H,16,17,18). The minimum absolute atomic E-state index is 0.905. The first kappa shape index (κ1) is 13.4. The minimum Gasteiger partial charge on any atom is -0.299 e. The fraction of sp³-hybridized carbons (Fsp3) is 0.333. The number of aromatic amines is 1. The molecule has 0 amide bonds. The Kier molecular flexibility index (Phi) is 4.50. The topological polar surface area (TPSA) is 44.8 Å². The number of nitrogens with zero attached hydrogens (tertiary/aromatic N) is 3. The van der Waals surface area contributed by atoms with E-state index in [-0.39, 0.29) is 0 Å². The van der Waals surface area contributed by atoms with Gasteiger partial charge in [-0.2, -0.15) is 5.10 Å². The van der Waals surface area contributed by atoms with Crippen molar-refractivity contribution in [2.45, 2.75) is 11.6 Å². The molecule has 1 aliphatic heterocycles. The fourth-order valence-electron chi connectivity index (χ4n) is 2.36. The van der Waals surface area contributed by atoms with Crippen LogP contribution in [-0.2, 0) is 0 Å². The first-order valence-corrected chi connectivity index (χ1v) is 7.85. The van der Waals surface area contributed by atoms with Crippen LogP contribution in [0.5, 0.6) is 0 Å². The number of rotatable bonds is 5. The van der Waals surface area contributed by atoms with Crippen LogP contribution in [0.25, 0.3) is 5.57 Å². The molecule has 1 N–H and O–H groups in total. The largest absolute Gasteiger partial charge is 0.299 e. The Hall–Kier alpha value is -1.59. The first-order chi connectivity index (χ1) is 9.92. The monoisotopic (exact) mass is 286 g/mol. The molecule has 104 valence electrons. The van der Waals surface area contributed by atoms with E-state index in [2.05, 4.69) is 56.5 Å². The van der Waals surface area contributed by atoms with Gasteiger partial charge < -0.3 is 0 Å². The maximum atomic E-state index is 4.12. The van der Waals surface area contributed by atoms with E-state index in [0.717, 1.165) is 37.0 Å². The SMILES string of the molecule is C1=C(c2ccccc2)CCN(CCSc2ncn[nH]2)C1. The number of nitrogens with one attached hydrogen (secondary N) is 1. The molecule has 2 aromatic rings. The smallest absolute Gasteiger partial charge is 0.183 e. The zero-order valence-electron chi connectivity index (χ0n) is 11.3. The van der Waals surface area contributed by atoms with Crippen LogP contribution < -0.4 is 0 Å². The average molecular weight is 286 g/mol. The summed E-state index contributed by atoms with van der Waals surface area (Å²) < 4.78 is 0. The Balaban J connectivity index is 1.47. The van der Waals surface area contributed by atoms with E-state index in [1.165, 1.54) is 11.1 Å². The van der Waals surface area contributed by atoms with Crippen LogP contribution in [0.2, 0.25) is 0 Å². The van der Waals surface area contributed by atoms with E-state index in [9.17, 15) is 0 Å². The Labute approximate surface area is 123 Å². The molecule has 4 nitrogen and oxygen atoms in total. The number of benzene rings is 1. The van der Waals surface area contributed by atoms with Crippen LogP contribution in [0.3, 0.4) is 0 Å². The lowest BCUT2D eigenvalue weighted by Crippen LogP contribution is -2.30. The molecule has 0 fully saturated rings. The molecule has 1 aliphatic rings. The van der Waals surface area contributed by atoms with Gasteiger partial charge in [0.05, 0.1) is 0 Å². The summed E-state index contributed by atoms with van der Waals surface area (Å²) in [5.74, 6) is 1.05. The average Bonchev–Trinajstić information content (AvgIpc) is 3.02. The van der Waals surface area contributed by atoms with Crippen molar-refractivity contribution in [3.63, 3.8) is 0 Å². The number of H-pyrrole nitrogens is 1. The molecule has 0 bridgehead atoms. The molecule has 0 radical (unpaired) electrons. The van der Waals surface area contributed by atoms with Crippen LogP contribution in [0.1, 0.15) is 12.0 Å². The Morgan fingerprint density at radius 3 is 2.85 bits per heavy atom. The summed E-state index contributed by atoms with van der Waals surface area (Å²) in [5, 5.41) is 7.63. The lowest BCUT2D eigenvalue weighted by molar-refractivity contribution is 0.321. The minimum atomic E-state index is 0.905. The number of thioether (sulfide) groups is 1. The molecule has 0 saturated carbocycles. The highest BCUT2D eigenvalue weighted by molar-refractivity contribution is 7.99. The van der Waals surface area contributed by atoms with E-state index in [1.54, 1.807) is 18.1 Å². The van der Waals surface area contributed by atoms with Gasteiger partial charge in [0.15, 0.2) is 5.16 Å². The van der Waals surface area contributed by atoms with Gasteiger partial charge in [-0.3, -0.25) is 10.00 Å². The van der Waals surface area contributed by atoms with Gasteiger partial charge in [-0.25, -0.2) is 4.98 Å². The molecular weight excluding hydrogens is 268 g/mol. The number of aromatic nitrogens is 3. The summed E-state index contributed by atoms with van der Waals surface area (Å²) in [4.78, 5) is 6.60. The Morgan fingerprint density at radius 2 is 2.15 bits per heavy atom. The molecule has 3 rings (SSSR count). The van der Waals surface area contributed by atoms with Gasteiger partial charge >= 0.3 is 0 Å².